The number of aromatic nitrogens is 2. The Morgan fingerprint density at radius 3 is 2.88 bits per heavy atom. The average Bonchev–Trinajstić information content (AvgIpc) is 2.82. The number of aromatic amines is 1. The van der Waals surface area contributed by atoms with Crippen molar-refractivity contribution in [3.63, 3.8) is 0 Å². The standard InChI is InChI=1S/C12H8Cl2N2O/c13-8-1-2-10(14)9(7-8)11(17)3-4-12-15-5-6-16-12/h1-7H,(H,15,16)/b4-3+. The van der Waals surface area contributed by atoms with E-state index in [2.05, 4.69) is 9.97 Å². The Morgan fingerprint density at radius 2 is 2.18 bits per heavy atom. The third kappa shape index (κ3) is 2.96. The summed E-state index contributed by atoms with van der Waals surface area (Å²) in [5, 5.41) is 0.854. The molecule has 2 rings (SSSR count). The molecule has 0 saturated carbocycles. The number of nitrogens with zero attached hydrogens (tertiary/aromatic N) is 1. The molecule has 0 saturated heterocycles. The molecule has 0 spiro atoms. The number of carbonyl (C=O) groups is 1. The third-order valence-corrected chi connectivity index (χ3v) is 2.67. The highest BCUT2D eigenvalue weighted by Gasteiger charge is 2.07. The molecule has 0 aliphatic heterocycles. The van der Waals surface area contributed by atoms with Gasteiger partial charge in [-0.2, -0.15) is 0 Å². The fourth-order valence-corrected chi connectivity index (χ4v) is 1.68. The predicted molar refractivity (Wildman–Crippen MR) is 68.4 cm³/mol. The summed E-state index contributed by atoms with van der Waals surface area (Å²) < 4.78 is 0. The number of carbonyl (C=O) groups excluding carboxylic acids is 1. The first-order valence-electron chi connectivity index (χ1n) is 4.83. The lowest BCUT2D eigenvalue weighted by molar-refractivity contribution is 0.104. The molecule has 2 aromatic rings. The van der Waals surface area contributed by atoms with E-state index in [4.69, 9.17) is 23.2 Å². The molecule has 17 heavy (non-hydrogen) atoms. The van der Waals surface area contributed by atoms with Crippen molar-refractivity contribution in [2.45, 2.75) is 0 Å². The van der Waals surface area contributed by atoms with Gasteiger partial charge in [-0.25, -0.2) is 4.98 Å². The van der Waals surface area contributed by atoms with Crippen molar-refractivity contribution >= 4 is 35.1 Å². The van der Waals surface area contributed by atoms with Gasteiger partial charge in [0.2, 0.25) is 0 Å². The van der Waals surface area contributed by atoms with E-state index in [9.17, 15) is 4.79 Å². The van der Waals surface area contributed by atoms with Gasteiger partial charge in [0.1, 0.15) is 5.82 Å². The van der Waals surface area contributed by atoms with Crippen molar-refractivity contribution < 1.29 is 4.79 Å². The number of hydrogen-bond donors (Lipinski definition) is 1. The molecule has 1 heterocycles. The first kappa shape index (κ1) is 11.9. The highest BCUT2D eigenvalue weighted by molar-refractivity contribution is 6.36. The number of benzene rings is 1. The Kier molecular flexibility index (Phi) is 3.61. The fourth-order valence-electron chi connectivity index (χ4n) is 1.30. The van der Waals surface area contributed by atoms with Gasteiger partial charge >= 0.3 is 0 Å². The Hall–Kier alpha value is -1.58. The summed E-state index contributed by atoms with van der Waals surface area (Å²) in [4.78, 5) is 18.7. The highest BCUT2D eigenvalue weighted by Crippen LogP contribution is 2.21. The fraction of sp³-hybridized carbons (Fsp3) is 0. The Bertz CT molecular complexity index is 562. The summed E-state index contributed by atoms with van der Waals surface area (Å²) in [5.41, 5.74) is 0.377. The van der Waals surface area contributed by atoms with Crippen LogP contribution >= 0.6 is 23.2 Å². The maximum absolute atomic E-state index is 11.8. The molecular weight excluding hydrogens is 259 g/mol. The molecule has 0 fully saturated rings. The summed E-state index contributed by atoms with van der Waals surface area (Å²) in [5.74, 6) is 0.394. The Morgan fingerprint density at radius 1 is 1.35 bits per heavy atom. The largest absolute Gasteiger partial charge is 0.345 e. The van der Waals surface area contributed by atoms with Gasteiger partial charge in [-0.15, -0.1) is 0 Å². The van der Waals surface area contributed by atoms with Crippen molar-refractivity contribution in [3.05, 3.63) is 58.1 Å². The molecule has 5 heteroatoms. The van der Waals surface area contributed by atoms with Gasteiger partial charge in [-0.05, 0) is 30.4 Å². The maximum atomic E-state index is 11.8. The van der Waals surface area contributed by atoms with Crippen LogP contribution in [-0.4, -0.2) is 15.8 Å². The molecule has 0 unspecified atom stereocenters. The van der Waals surface area contributed by atoms with Crippen molar-refractivity contribution in [3.8, 4) is 0 Å². The van der Waals surface area contributed by atoms with Gasteiger partial charge in [-0.1, -0.05) is 23.2 Å². The van der Waals surface area contributed by atoms with Crippen LogP contribution < -0.4 is 0 Å². The van der Waals surface area contributed by atoms with Crippen LogP contribution in [0.4, 0.5) is 0 Å². The zero-order valence-corrected chi connectivity index (χ0v) is 10.2. The van der Waals surface area contributed by atoms with Crippen LogP contribution in [0.2, 0.25) is 10.0 Å². The lowest BCUT2D eigenvalue weighted by Crippen LogP contribution is -1.95. The second kappa shape index (κ2) is 5.17. The minimum atomic E-state index is -0.214. The number of allylic oxidation sites excluding steroid dienone is 1. The van der Waals surface area contributed by atoms with Gasteiger partial charge in [0.05, 0.1) is 5.02 Å². The van der Waals surface area contributed by atoms with Crippen molar-refractivity contribution in [2.75, 3.05) is 0 Å². The van der Waals surface area contributed by atoms with Crippen LogP contribution in [0.3, 0.4) is 0 Å². The number of hydrogen-bond acceptors (Lipinski definition) is 2. The number of H-pyrrole nitrogens is 1. The SMILES string of the molecule is O=C(/C=C/c1ncc[nH]1)c1cc(Cl)ccc1Cl. The molecule has 1 aromatic heterocycles. The molecule has 0 aliphatic carbocycles. The van der Waals surface area contributed by atoms with E-state index in [1.54, 1.807) is 36.7 Å². The highest BCUT2D eigenvalue weighted by atomic mass is 35.5. The molecule has 1 aromatic carbocycles. The van der Waals surface area contributed by atoms with E-state index >= 15 is 0 Å². The maximum Gasteiger partial charge on any atom is 0.187 e. The van der Waals surface area contributed by atoms with Crippen molar-refractivity contribution in [2.24, 2.45) is 0 Å². The molecule has 1 N–H and O–H groups in total. The molecule has 0 aliphatic rings. The quantitative estimate of drug-likeness (QED) is 0.682. The molecule has 0 amide bonds. The summed E-state index contributed by atoms with van der Waals surface area (Å²) in [6.45, 7) is 0. The minimum Gasteiger partial charge on any atom is -0.345 e. The smallest absolute Gasteiger partial charge is 0.187 e. The van der Waals surface area contributed by atoms with E-state index in [1.807, 2.05) is 0 Å². The van der Waals surface area contributed by atoms with Gasteiger partial charge < -0.3 is 4.98 Å². The van der Waals surface area contributed by atoms with Crippen molar-refractivity contribution in [1.82, 2.24) is 9.97 Å². The van der Waals surface area contributed by atoms with Gasteiger partial charge in [0.25, 0.3) is 0 Å². The molecule has 0 bridgehead atoms. The number of halogens is 2. The van der Waals surface area contributed by atoms with Crippen LogP contribution in [0.25, 0.3) is 6.08 Å². The van der Waals surface area contributed by atoms with Crippen LogP contribution in [0, 0.1) is 0 Å². The lowest BCUT2D eigenvalue weighted by atomic mass is 10.1. The summed E-state index contributed by atoms with van der Waals surface area (Å²) in [6, 6.07) is 4.77. The van der Waals surface area contributed by atoms with Crippen LogP contribution in [0.5, 0.6) is 0 Å². The van der Waals surface area contributed by atoms with E-state index in [1.165, 1.54) is 6.08 Å². The minimum absolute atomic E-state index is 0.214. The molecule has 86 valence electrons. The first-order chi connectivity index (χ1) is 8.16. The van der Waals surface area contributed by atoms with E-state index in [-0.39, 0.29) is 5.78 Å². The number of nitrogens with one attached hydrogen (secondary N) is 1. The van der Waals surface area contributed by atoms with Gasteiger partial charge in [-0.3, -0.25) is 4.79 Å². The average molecular weight is 267 g/mol. The summed E-state index contributed by atoms with van der Waals surface area (Å²) in [6.07, 6.45) is 6.27. The number of imidazole rings is 1. The zero-order valence-electron chi connectivity index (χ0n) is 8.65. The Labute approximate surface area is 108 Å². The summed E-state index contributed by atoms with van der Waals surface area (Å²) in [7, 11) is 0. The van der Waals surface area contributed by atoms with E-state index in [0.717, 1.165) is 0 Å². The lowest BCUT2D eigenvalue weighted by Gasteiger charge is -1.99. The topological polar surface area (TPSA) is 45.8 Å². The zero-order chi connectivity index (χ0) is 12.3. The second-order valence-electron chi connectivity index (χ2n) is 3.30. The molecule has 3 nitrogen and oxygen atoms in total. The van der Waals surface area contributed by atoms with Gasteiger partial charge in [0, 0.05) is 23.0 Å². The number of ketones is 1. The van der Waals surface area contributed by atoms with E-state index in [0.29, 0.717) is 21.4 Å². The molecule has 0 atom stereocenters. The third-order valence-electron chi connectivity index (χ3n) is 2.11. The second-order valence-corrected chi connectivity index (χ2v) is 4.14. The van der Waals surface area contributed by atoms with E-state index < -0.39 is 0 Å². The predicted octanol–water partition coefficient (Wildman–Crippen LogP) is 3.61. The number of rotatable bonds is 3. The Balaban J connectivity index is 2.23. The summed E-state index contributed by atoms with van der Waals surface area (Å²) >= 11 is 11.7. The normalized spacial score (nSPS) is 10.9. The van der Waals surface area contributed by atoms with Crippen LogP contribution in [0.1, 0.15) is 16.2 Å². The van der Waals surface area contributed by atoms with Crippen LogP contribution in [-0.2, 0) is 0 Å². The van der Waals surface area contributed by atoms with Gasteiger partial charge in [0.15, 0.2) is 5.78 Å². The molecular formula is C12H8Cl2N2O. The first-order valence-corrected chi connectivity index (χ1v) is 5.59. The van der Waals surface area contributed by atoms with Crippen molar-refractivity contribution in [1.29, 1.82) is 0 Å². The monoisotopic (exact) mass is 266 g/mol. The molecule has 0 radical (unpaired) electrons. The van der Waals surface area contributed by atoms with Crippen LogP contribution in [0.15, 0.2) is 36.7 Å².